The molecule has 220 valence electrons. The summed E-state index contributed by atoms with van der Waals surface area (Å²) in [5.74, 6) is -2.26. The van der Waals surface area contributed by atoms with E-state index in [1.807, 2.05) is 0 Å². The predicted octanol–water partition coefficient (Wildman–Crippen LogP) is 1.56. The molecule has 1 fully saturated rings. The molecule has 0 aromatic heterocycles. The lowest BCUT2D eigenvalue weighted by atomic mass is 10.1. The molecule has 4 rings (SSSR count). The average molecular weight is 636 g/mol. The molecule has 1 saturated heterocycles. The third kappa shape index (κ3) is 6.47. The van der Waals surface area contributed by atoms with Gasteiger partial charge in [0, 0.05) is 18.2 Å². The van der Waals surface area contributed by atoms with Gasteiger partial charge in [-0.1, -0.05) is 23.7 Å². The fourth-order valence-electron chi connectivity index (χ4n) is 4.36. The van der Waals surface area contributed by atoms with Crippen LogP contribution in [0.1, 0.15) is 22.3 Å². The van der Waals surface area contributed by atoms with Gasteiger partial charge in [-0.15, -0.1) is 0 Å². The second kappa shape index (κ2) is 11.6. The molecular formula is C25H22ClN5O9S2. The lowest BCUT2D eigenvalue weighted by molar-refractivity contribution is -0.384. The summed E-state index contributed by atoms with van der Waals surface area (Å²) in [6.07, 6.45) is -0.325. The van der Waals surface area contributed by atoms with Crippen molar-refractivity contribution in [2.24, 2.45) is 10.3 Å². The number of halogens is 1. The summed E-state index contributed by atoms with van der Waals surface area (Å²) in [5.41, 5.74) is -0.0826. The maximum absolute atomic E-state index is 13.7. The second-order valence-corrected chi connectivity index (χ2v) is 12.7. The van der Waals surface area contributed by atoms with Crippen molar-refractivity contribution >= 4 is 60.7 Å². The number of hydrogen-bond donors (Lipinski definition) is 2. The highest BCUT2D eigenvalue weighted by Crippen LogP contribution is 2.30. The van der Waals surface area contributed by atoms with Crippen LogP contribution in [0.2, 0.25) is 5.02 Å². The van der Waals surface area contributed by atoms with Crippen molar-refractivity contribution in [2.45, 2.75) is 28.7 Å². The highest BCUT2D eigenvalue weighted by molar-refractivity contribution is 7.89. The Labute approximate surface area is 244 Å². The van der Waals surface area contributed by atoms with Gasteiger partial charge < -0.3 is 4.90 Å². The average Bonchev–Trinajstić information content (AvgIpc) is 3.21. The van der Waals surface area contributed by atoms with Gasteiger partial charge in [-0.3, -0.25) is 24.5 Å². The van der Waals surface area contributed by atoms with E-state index >= 15 is 0 Å². The summed E-state index contributed by atoms with van der Waals surface area (Å²) in [6, 6.07) is 12.2. The number of imide groups is 1. The number of primary sulfonamides is 2. The maximum atomic E-state index is 13.7. The minimum Gasteiger partial charge on any atom is -0.326 e. The predicted molar refractivity (Wildman–Crippen MR) is 149 cm³/mol. The number of carbonyl (C=O) groups is 3. The summed E-state index contributed by atoms with van der Waals surface area (Å²) < 4.78 is 46.3. The maximum Gasteiger partial charge on any atom is 0.288 e. The molecule has 1 aliphatic heterocycles. The number of hydrogen-bond acceptors (Lipinski definition) is 9. The molecule has 3 amide bonds. The quantitative estimate of drug-likeness (QED) is 0.197. The zero-order valence-electron chi connectivity index (χ0n) is 21.4. The lowest BCUT2D eigenvalue weighted by Crippen LogP contribution is -2.46. The first-order chi connectivity index (χ1) is 19.6. The van der Waals surface area contributed by atoms with E-state index in [1.54, 1.807) is 0 Å². The Balaban J connectivity index is 1.68. The summed E-state index contributed by atoms with van der Waals surface area (Å²) in [4.78, 5) is 52.4. The number of rotatable bonds is 9. The first-order valence-electron chi connectivity index (χ1n) is 11.9. The molecule has 0 spiro atoms. The van der Waals surface area contributed by atoms with Crippen LogP contribution in [0.15, 0.2) is 76.5 Å². The molecule has 0 aliphatic carbocycles. The molecule has 14 nitrogen and oxygen atoms in total. The van der Waals surface area contributed by atoms with Crippen LogP contribution in [0.5, 0.6) is 0 Å². The van der Waals surface area contributed by atoms with Gasteiger partial charge in [-0.25, -0.2) is 32.0 Å². The van der Waals surface area contributed by atoms with Crippen LogP contribution in [0.25, 0.3) is 0 Å². The Kier molecular flexibility index (Phi) is 8.47. The van der Waals surface area contributed by atoms with Gasteiger partial charge in [0.25, 0.3) is 17.5 Å². The lowest BCUT2D eigenvalue weighted by Gasteiger charge is -2.28. The zero-order valence-corrected chi connectivity index (χ0v) is 23.8. The van der Waals surface area contributed by atoms with Gasteiger partial charge in [0.15, 0.2) is 0 Å². The number of sulfonamides is 2. The number of nitro groups is 1. The molecule has 1 unspecified atom stereocenters. The van der Waals surface area contributed by atoms with Gasteiger partial charge in [0.1, 0.15) is 11.1 Å². The van der Waals surface area contributed by atoms with Crippen LogP contribution in [0.4, 0.5) is 11.4 Å². The second-order valence-electron chi connectivity index (χ2n) is 9.19. The van der Waals surface area contributed by atoms with Gasteiger partial charge in [-0.2, -0.15) is 0 Å². The minimum absolute atomic E-state index is 0.0491. The molecule has 1 aliphatic rings. The first kappa shape index (κ1) is 30.7. The van der Waals surface area contributed by atoms with Crippen LogP contribution >= 0.6 is 11.6 Å². The van der Waals surface area contributed by atoms with E-state index in [1.165, 1.54) is 42.5 Å². The van der Waals surface area contributed by atoms with Crippen molar-refractivity contribution in [3.05, 3.63) is 93.0 Å². The molecular weight excluding hydrogens is 614 g/mol. The summed E-state index contributed by atoms with van der Waals surface area (Å²) >= 11 is 5.89. The van der Waals surface area contributed by atoms with E-state index < -0.39 is 60.8 Å². The summed E-state index contributed by atoms with van der Waals surface area (Å²) in [7, 11) is -7.98. The molecule has 0 bridgehead atoms. The van der Waals surface area contributed by atoms with Crippen molar-refractivity contribution < 1.29 is 36.1 Å². The van der Waals surface area contributed by atoms with Crippen LogP contribution in [0.3, 0.4) is 0 Å². The topological polar surface area (TPSA) is 221 Å². The fraction of sp³-hybridized carbons (Fsp3) is 0.160. The van der Waals surface area contributed by atoms with E-state index in [-0.39, 0.29) is 39.0 Å². The van der Waals surface area contributed by atoms with E-state index in [9.17, 15) is 41.3 Å². The van der Waals surface area contributed by atoms with E-state index in [4.69, 9.17) is 21.9 Å². The van der Waals surface area contributed by atoms with Crippen LogP contribution < -0.4 is 15.2 Å². The molecule has 1 heterocycles. The van der Waals surface area contributed by atoms with Crippen molar-refractivity contribution in [3.8, 4) is 0 Å². The van der Waals surface area contributed by atoms with E-state index in [0.29, 0.717) is 5.56 Å². The Morgan fingerprint density at radius 2 is 1.50 bits per heavy atom. The van der Waals surface area contributed by atoms with Crippen molar-refractivity contribution in [2.75, 3.05) is 11.4 Å². The molecule has 0 radical (unpaired) electrons. The number of nitro benzene ring substituents is 1. The third-order valence-electron chi connectivity index (χ3n) is 6.47. The number of anilines is 1. The normalized spacial score (nSPS) is 15.6. The standard InChI is InChI=1S/C25H22ClN5O9S2/c26-20-10-3-16(13-21(20)31(35)36)24(33)29(12-11-15-1-6-18(7-2-15)41(27,37)38)22-14-23(32)30(25(22)34)17-4-8-19(9-5-17)42(28,39)40/h1-10,13,22H,11-12,14H2,(H2,27,37,38)(H2,28,39,40). The third-order valence-corrected chi connectivity index (χ3v) is 8.64. The zero-order chi connectivity index (χ0) is 31.0. The molecule has 3 aromatic carbocycles. The van der Waals surface area contributed by atoms with Crippen molar-refractivity contribution in [3.63, 3.8) is 0 Å². The molecule has 42 heavy (non-hydrogen) atoms. The number of carbonyl (C=O) groups excluding carboxylic acids is 3. The van der Waals surface area contributed by atoms with Crippen LogP contribution in [-0.4, -0.2) is 57.0 Å². The number of benzene rings is 3. The highest BCUT2D eigenvalue weighted by Gasteiger charge is 2.44. The Hall–Kier alpha value is -4.22. The van der Waals surface area contributed by atoms with E-state index in [0.717, 1.165) is 34.1 Å². The van der Waals surface area contributed by atoms with Crippen LogP contribution in [-0.2, 0) is 36.1 Å². The summed E-state index contributed by atoms with van der Waals surface area (Å²) in [5, 5.41) is 21.4. The molecule has 1 atom stereocenters. The van der Waals surface area contributed by atoms with Gasteiger partial charge in [0.2, 0.25) is 26.0 Å². The number of nitrogens with two attached hydrogens (primary N) is 2. The largest absolute Gasteiger partial charge is 0.326 e. The van der Waals surface area contributed by atoms with Crippen LogP contribution in [0, 0.1) is 10.1 Å². The number of nitrogens with zero attached hydrogens (tertiary/aromatic N) is 3. The van der Waals surface area contributed by atoms with Gasteiger partial charge >= 0.3 is 0 Å². The molecule has 4 N–H and O–H groups in total. The molecule has 3 aromatic rings. The van der Waals surface area contributed by atoms with Crippen molar-refractivity contribution in [1.82, 2.24) is 4.90 Å². The fourth-order valence-corrected chi connectivity index (χ4v) is 5.58. The summed E-state index contributed by atoms with van der Waals surface area (Å²) in [6.45, 7) is -0.147. The first-order valence-corrected chi connectivity index (χ1v) is 15.4. The Bertz CT molecular complexity index is 1810. The Morgan fingerprint density at radius 3 is 2.02 bits per heavy atom. The SMILES string of the molecule is NS(=O)(=O)c1ccc(CCN(C(=O)c2ccc(Cl)c([N+](=O)[O-])c2)C2CC(=O)N(c3ccc(S(N)(=O)=O)cc3)C2=O)cc1. The van der Waals surface area contributed by atoms with E-state index in [2.05, 4.69) is 0 Å². The van der Waals surface area contributed by atoms with Gasteiger partial charge in [0.05, 0.1) is 26.8 Å². The van der Waals surface area contributed by atoms with Crippen molar-refractivity contribution in [1.29, 1.82) is 0 Å². The van der Waals surface area contributed by atoms with Gasteiger partial charge in [-0.05, 0) is 60.5 Å². The monoisotopic (exact) mass is 635 g/mol. The minimum atomic E-state index is -4.03. The number of amides is 3. The molecule has 0 saturated carbocycles. The smallest absolute Gasteiger partial charge is 0.288 e. The highest BCUT2D eigenvalue weighted by atomic mass is 35.5. The molecule has 17 heteroatoms. The Morgan fingerprint density at radius 1 is 0.952 bits per heavy atom.